The van der Waals surface area contributed by atoms with Crippen molar-refractivity contribution in [2.75, 3.05) is 0 Å². The third-order valence-corrected chi connectivity index (χ3v) is 13.4. The van der Waals surface area contributed by atoms with E-state index in [2.05, 4.69) is 12.1 Å². The van der Waals surface area contributed by atoms with Crippen molar-refractivity contribution in [3.8, 4) is 41.8 Å². The summed E-state index contributed by atoms with van der Waals surface area (Å²) in [5, 5.41) is 5.58. The van der Waals surface area contributed by atoms with Crippen LogP contribution in [0.1, 0.15) is 22.3 Å². The highest BCUT2D eigenvalue weighted by Crippen LogP contribution is 2.45. The van der Waals surface area contributed by atoms with Gasteiger partial charge in [0.1, 0.15) is 0 Å². The van der Waals surface area contributed by atoms with Gasteiger partial charge in [-0.1, -0.05) is 24.3 Å². The lowest BCUT2D eigenvalue weighted by Gasteiger charge is -2.13. The summed E-state index contributed by atoms with van der Waals surface area (Å²) in [7, 11) is 0. The predicted molar refractivity (Wildman–Crippen MR) is 212 cm³/mol. The minimum absolute atomic E-state index is 0.106. The molecule has 0 aliphatic carbocycles. The Bertz CT molecular complexity index is 2840. The monoisotopic (exact) mass is 872 g/mol. The molecule has 298 valence electrons. The molecule has 9 aromatic rings. The third kappa shape index (κ3) is 7.44. The Balaban J connectivity index is 1.04. The van der Waals surface area contributed by atoms with E-state index < -0.39 is 47.0 Å². The Morgan fingerprint density at radius 1 is 0.271 bits per heavy atom. The number of hydrogen-bond acceptors (Lipinski definition) is 3. The number of benzene rings is 6. The second-order valence-electron chi connectivity index (χ2n) is 13.8. The zero-order chi connectivity index (χ0) is 41.8. The van der Waals surface area contributed by atoms with Crippen LogP contribution in [0.4, 0.5) is 52.7 Å². The van der Waals surface area contributed by atoms with Crippen LogP contribution in [0.5, 0.6) is 0 Å². The standard InChI is InChI=1S/C44H20F12S3/c45-41(46,47)29-11-27(12-30(19-29)42(48,49)50)37-7-5-35(57-37)23-3-1-21-15-33-34-16-22-2-4-24(10-26(22)18-40(34)59-39(33)17-25(21)9-23)36-6-8-38(58-36)28-13-31(43(51,52)53)20-32(14-28)44(54,55)56/h1-20H. The molecule has 59 heavy (non-hydrogen) atoms. The van der Waals surface area contributed by atoms with E-state index in [1.807, 2.05) is 48.5 Å². The Hall–Kier alpha value is -5.38. The average molecular weight is 873 g/mol. The topological polar surface area (TPSA) is 0 Å². The van der Waals surface area contributed by atoms with Crippen LogP contribution in [0.15, 0.2) is 121 Å². The molecule has 0 amide bonds. The van der Waals surface area contributed by atoms with Gasteiger partial charge < -0.3 is 0 Å². The molecule has 0 aliphatic rings. The smallest absolute Gasteiger partial charge is 0.166 e. The molecule has 0 aliphatic heterocycles. The van der Waals surface area contributed by atoms with E-state index in [-0.39, 0.29) is 33.0 Å². The maximum atomic E-state index is 13.5. The number of fused-ring (bicyclic) bond motifs is 5. The highest BCUT2D eigenvalue weighted by atomic mass is 32.1. The van der Waals surface area contributed by atoms with E-state index in [0.29, 0.717) is 9.75 Å². The van der Waals surface area contributed by atoms with Crippen LogP contribution in [-0.2, 0) is 24.7 Å². The van der Waals surface area contributed by atoms with Gasteiger partial charge in [0.2, 0.25) is 0 Å². The van der Waals surface area contributed by atoms with Gasteiger partial charge in [0.05, 0.1) is 22.3 Å². The highest BCUT2D eigenvalue weighted by molar-refractivity contribution is 7.26. The summed E-state index contributed by atoms with van der Waals surface area (Å²) in [5.74, 6) is 0. The largest absolute Gasteiger partial charge is 0.416 e. The van der Waals surface area contributed by atoms with Crippen LogP contribution in [0, 0.1) is 0 Å². The Labute approximate surface area is 337 Å². The molecular formula is C44H20F12S3. The van der Waals surface area contributed by atoms with Gasteiger partial charge >= 0.3 is 24.7 Å². The molecule has 3 heterocycles. The summed E-state index contributed by atoms with van der Waals surface area (Å²) in [6, 6.07) is 28.9. The first-order valence-corrected chi connectivity index (χ1v) is 19.8. The van der Waals surface area contributed by atoms with Gasteiger partial charge in [0, 0.05) is 39.7 Å². The van der Waals surface area contributed by atoms with E-state index in [1.54, 1.807) is 23.5 Å². The lowest BCUT2D eigenvalue weighted by Crippen LogP contribution is -2.10. The predicted octanol–water partition coefficient (Wildman–Crippen LogP) is 17.2. The van der Waals surface area contributed by atoms with Gasteiger partial charge in [0.25, 0.3) is 0 Å². The van der Waals surface area contributed by atoms with E-state index >= 15 is 0 Å². The molecule has 3 aromatic heterocycles. The lowest BCUT2D eigenvalue weighted by molar-refractivity contribution is -0.144. The zero-order valence-corrected chi connectivity index (χ0v) is 31.8. The molecule has 0 spiro atoms. The van der Waals surface area contributed by atoms with Crippen LogP contribution < -0.4 is 0 Å². The first kappa shape index (κ1) is 39.1. The Morgan fingerprint density at radius 3 is 0.915 bits per heavy atom. The van der Waals surface area contributed by atoms with Crippen molar-refractivity contribution in [2.24, 2.45) is 0 Å². The van der Waals surface area contributed by atoms with Crippen LogP contribution in [0.3, 0.4) is 0 Å². The van der Waals surface area contributed by atoms with Gasteiger partial charge in [-0.25, -0.2) is 0 Å². The first-order valence-electron chi connectivity index (χ1n) is 17.3. The lowest BCUT2D eigenvalue weighted by atomic mass is 10.0. The second kappa shape index (κ2) is 13.6. The highest BCUT2D eigenvalue weighted by Gasteiger charge is 2.38. The van der Waals surface area contributed by atoms with E-state index in [0.717, 1.165) is 99.8 Å². The molecule has 9 rings (SSSR count). The molecule has 0 fully saturated rings. The van der Waals surface area contributed by atoms with Crippen LogP contribution in [0.25, 0.3) is 83.5 Å². The van der Waals surface area contributed by atoms with Crippen LogP contribution in [0.2, 0.25) is 0 Å². The number of hydrogen-bond donors (Lipinski definition) is 0. The molecular weight excluding hydrogens is 853 g/mol. The summed E-state index contributed by atoms with van der Waals surface area (Å²) in [4.78, 5) is 1.82. The summed E-state index contributed by atoms with van der Waals surface area (Å²) >= 11 is 3.72. The van der Waals surface area contributed by atoms with Gasteiger partial charge in [-0.05, 0) is 141 Å². The van der Waals surface area contributed by atoms with Crippen molar-refractivity contribution >= 4 is 75.7 Å². The molecule has 0 nitrogen and oxygen atoms in total. The van der Waals surface area contributed by atoms with Crippen molar-refractivity contribution in [3.63, 3.8) is 0 Å². The Kier molecular flexibility index (Phi) is 9.00. The molecule has 0 saturated heterocycles. The van der Waals surface area contributed by atoms with Crippen molar-refractivity contribution in [3.05, 3.63) is 144 Å². The molecule has 0 atom stereocenters. The molecule has 6 aromatic carbocycles. The fourth-order valence-electron chi connectivity index (χ4n) is 7.06. The third-order valence-electron chi connectivity index (χ3n) is 9.91. The number of alkyl halides is 12. The fraction of sp³-hybridized carbons (Fsp3) is 0.0909. The van der Waals surface area contributed by atoms with Crippen LogP contribution >= 0.6 is 34.0 Å². The number of halogens is 12. The minimum atomic E-state index is -4.96. The van der Waals surface area contributed by atoms with Crippen molar-refractivity contribution in [1.82, 2.24) is 0 Å². The summed E-state index contributed by atoms with van der Waals surface area (Å²) in [6.45, 7) is 0. The number of rotatable bonds is 4. The quantitative estimate of drug-likeness (QED) is 0.155. The van der Waals surface area contributed by atoms with Gasteiger partial charge in [-0.2, -0.15) is 52.7 Å². The zero-order valence-electron chi connectivity index (χ0n) is 29.3. The van der Waals surface area contributed by atoms with Crippen LogP contribution in [-0.4, -0.2) is 0 Å². The molecule has 0 radical (unpaired) electrons. The van der Waals surface area contributed by atoms with Crippen molar-refractivity contribution in [2.45, 2.75) is 24.7 Å². The summed E-state index contributed by atoms with van der Waals surface area (Å²) in [6.07, 6.45) is -19.8. The minimum Gasteiger partial charge on any atom is -0.166 e. The van der Waals surface area contributed by atoms with Gasteiger partial charge in [0.15, 0.2) is 0 Å². The molecule has 0 unspecified atom stereocenters. The summed E-state index contributed by atoms with van der Waals surface area (Å²) < 4.78 is 164. The normalized spacial score (nSPS) is 13.1. The van der Waals surface area contributed by atoms with Crippen molar-refractivity contribution in [1.29, 1.82) is 0 Å². The SMILES string of the molecule is FC(F)(F)c1cc(-c2ccc(-c3ccc4cc5c(cc4c3)sc3cc4cc(-c6ccc(-c7cc(C(F)(F)F)cc(C(F)(F)F)c7)s6)ccc4cc35)s2)cc(C(F)(F)F)c1. The second-order valence-corrected chi connectivity index (χ2v) is 17.1. The molecule has 15 heteroatoms. The van der Waals surface area contributed by atoms with Gasteiger partial charge in [-0.15, -0.1) is 34.0 Å². The van der Waals surface area contributed by atoms with Crippen molar-refractivity contribution < 1.29 is 52.7 Å². The molecule has 0 N–H and O–H groups in total. The molecule has 0 bridgehead atoms. The first-order chi connectivity index (χ1) is 27.7. The van der Waals surface area contributed by atoms with E-state index in [9.17, 15) is 52.7 Å². The molecule has 0 saturated carbocycles. The number of thiophene rings is 3. The van der Waals surface area contributed by atoms with Gasteiger partial charge in [-0.3, -0.25) is 0 Å². The fourth-order valence-corrected chi connectivity index (χ4v) is 10.2. The maximum Gasteiger partial charge on any atom is 0.416 e. The maximum absolute atomic E-state index is 13.5. The summed E-state index contributed by atoms with van der Waals surface area (Å²) in [5.41, 5.74) is -4.43. The van der Waals surface area contributed by atoms with E-state index in [1.165, 1.54) is 12.1 Å². The van der Waals surface area contributed by atoms with E-state index in [4.69, 9.17) is 0 Å². The Morgan fingerprint density at radius 2 is 0.593 bits per heavy atom. The average Bonchev–Trinajstić information content (AvgIpc) is 3.93.